The molecule has 2 aromatic heterocycles. The lowest BCUT2D eigenvalue weighted by Crippen LogP contribution is -2.14. The van der Waals surface area contributed by atoms with E-state index in [0.717, 1.165) is 16.6 Å². The molecule has 0 fully saturated rings. The molecule has 0 saturated carbocycles. The van der Waals surface area contributed by atoms with Gasteiger partial charge in [-0.15, -0.1) is 5.10 Å². The average Bonchev–Trinajstić information content (AvgIpc) is 3.21. The first kappa shape index (κ1) is 18.7. The second-order valence-electron chi connectivity index (χ2n) is 7.04. The van der Waals surface area contributed by atoms with Crippen molar-refractivity contribution in [3.8, 4) is 0 Å². The van der Waals surface area contributed by atoms with Crippen LogP contribution in [0.15, 0.2) is 77.6 Å². The van der Waals surface area contributed by atoms with Crippen LogP contribution in [0.5, 0.6) is 0 Å². The van der Waals surface area contributed by atoms with Crippen LogP contribution in [0, 0.1) is 0 Å². The molecule has 31 heavy (non-hydrogen) atoms. The fourth-order valence-corrected chi connectivity index (χ4v) is 3.37. The summed E-state index contributed by atoms with van der Waals surface area (Å²) < 4.78 is 7.13. The molecular formula is C23H17N5O3. The number of nitrogens with one attached hydrogen (secondary N) is 1. The smallest absolute Gasteiger partial charge is 0.338 e. The summed E-state index contributed by atoms with van der Waals surface area (Å²) in [5.74, 6) is -0.194. The van der Waals surface area contributed by atoms with Crippen molar-refractivity contribution in [2.45, 2.75) is 13.2 Å². The minimum absolute atomic E-state index is 0.119. The highest BCUT2D eigenvalue weighted by Gasteiger charge is 2.11. The van der Waals surface area contributed by atoms with Gasteiger partial charge >= 0.3 is 5.97 Å². The predicted molar refractivity (Wildman–Crippen MR) is 115 cm³/mol. The Morgan fingerprint density at radius 1 is 0.935 bits per heavy atom. The van der Waals surface area contributed by atoms with Crippen LogP contribution in [-0.4, -0.2) is 30.9 Å². The number of fused-ring (bicyclic) bond motifs is 2. The topological polar surface area (TPSA) is 103 Å². The first-order chi connectivity index (χ1) is 15.2. The van der Waals surface area contributed by atoms with Crippen LogP contribution in [0.4, 0.5) is 0 Å². The zero-order chi connectivity index (χ0) is 21.2. The third-order valence-electron chi connectivity index (χ3n) is 4.94. The highest BCUT2D eigenvalue weighted by molar-refractivity contribution is 5.89. The average molecular weight is 411 g/mol. The predicted octanol–water partition coefficient (Wildman–Crippen LogP) is 3.07. The van der Waals surface area contributed by atoms with Crippen molar-refractivity contribution in [2.24, 2.45) is 0 Å². The van der Waals surface area contributed by atoms with Crippen LogP contribution in [0.1, 0.15) is 21.7 Å². The van der Waals surface area contributed by atoms with E-state index in [9.17, 15) is 9.59 Å². The molecule has 1 N–H and O–H groups in total. The Morgan fingerprint density at radius 3 is 2.52 bits per heavy atom. The van der Waals surface area contributed by atoms with Gasteiger partial charge in [-0.05, 0) is 42.0 Å². The molecule has 0 atom stereocenters. The Bertz CT molecular complexity index is 1450. The molecule has 0 radical (unpaired) electrons. The van der Waals surface area contributed by atoms with Gasteiger partial charge in [0, 0.05) is 0 Å². The number of carbonyl (C=O) groups is 1. The number of hydrogen-bond acceptors (Lipinski definition) is 6. The van der Waals surface area contributed by atoms with Gasteiger partial charge < -0.3 is 9.72 Å². The number of aromatic amines is 1. The van der Waals surface area contributed by atoms with Crippen molar-refractivity contribution in [1.82, 2.24) is 25.0 Å². The largest absolute Gasteiger partial charge is 0.454 e. The maximum absolute atomic E-state index is 12.4. The summed E-state index contributed by atoms with van der Waals surface area (Å²) in [7, 11) is 0. The van der Waals surface area contributed by atoms with Crippen molar-refractivity contribution in [3.05, 3.63) is 100 Å². The van der Waals surface area contributed by atoms with Crippen LogP contribution < -0.4 is 5.56 Å². The lowest BCUT2D eigenvalue weighted by molar-refractivity contribution is 0.0462. The Labute approximate surface area is 176 Å². The van der Waals surface area contributed by atoms with E-state index in [4.69, 9.17) is 4.74 Å². The molecule has 0 unspecified atom stereocenters. The number of H-pyrrole nitrogens is 1. The molecule has 0 saturated heterocycles. The quantitative estimate of drug-likeness (QED) is 0.446. The van der Waals surface area contributed by atoms with Crippen molar-refractivity contribution >= 4 is 27.9 Å². The fourth-order valence-electron chi connectivity index (χ4n) is 3.37. The molecule has 0 spiro atoms. The number of ether oxygens (including phenoxy) is 1. The molecule has 0 bridgehead atoms. The van der Waals surface area contributed by atoms with Gasteiger partial charge in [0.2, 0.25) is 0 Å². The Hall–Kier alpha value is -4.33. The molecule has 5 rings (SSSR count). The van der Waals surface area contributed by atoms with Gasteiger partial charge in [-0.2, -0.15) is 0 Å². The van der Waals surface area contributed by atoms with Gasteiger partial charge in [0.15, 0.2) is 0 Å². The molecule has 2 heterocycles. The van der Waals surface area contributed by atoms with Crippen LogP contribution in [0.25, 0.3) is 21.9 Å². The number of rotatable bonds is 5. The molecule has 5 aromatic rings. The third-order valence-corrected chi connectivity index (χ3v) is 4.94. The van der Waals surface area contributed by atoms with Crippen molar-refractivity contribution in [3.63, 3.8) is 0 Å². The molecule has 0 aliphatic rings. The first-order valence-electron chi connectivity index (χ1n) is 9.69. The Morgan fingerprint density at radius 2 is 1.68 bits per heavy atom. The molecule has 0 aliphatic heterocycles. The van der Waals surface area contributed by atoms with Crippen molar-refractivity contribution < 1.29 is 9.53 Å². The summed E-state index contributed by atoms with van der Waals surface area (Å²) in [5.41, 5.74) is 3.47. The summed E-state index contributed by atoms with van der Waals surface area (Å²) in [5, 5.41) is 8.82. The zero-order valence-corrected chi connectivity index (χ0v) is 16.4. The Balaban J connectivity index is 1.26. The maximum Gasteiger partial charge on any atom is 0.338 e. The molecule has 0 amide bonds. The summed E-state index contributed by atoms with van der Waals surface area (Å²) in [6.07, 6.45) is 0. The second kappa shape index (κ2) is 7.83. The molecule has 152 valence electrons. The maximum atomic E-state index is 12.4. The SMILES string of the molecule is O=C(OCc1nc2ccccc2c(=O)[nH]1)c1ccc(Cn2nnc3ccccc32)cc1. The lowest BCUT2D eigenvalue weighted by Gasteiger charge is -2.07. The molecule has 8 heteroatoms. The van der Waals surface area contributed by atoms with Crippen LogP contribution >= 0.6 is 0 Å². The van der Waals surface area contributed by atoms with E-state index in [1.54, 1.807) is 36.4 Å². The van der Waals surface area contributed by atoms with Crippen LogP contribution in [0.3, 0.4) is 0 Å². The summed E-state index contributed by atoms with van der Waals surface area (Å²) in [6, 6.07) is 21.9. The van der Waals surface area contributed by atoms with Gasteiger partial charge in [-0.25, -0.2) is 14.5 Å². The highest BCUT2D eigenvalue weighted by Crippen LogP contribution is 2.14. The molecule has 3 aromatic carbocycles. The van der Waals surface area contributed by atoms with Crippen molar-refractivity contribution in [2.75, 3.05) is 0 Å². The van der Waals surface area contributed by atoms with E-state index in [1.807, 2.05) is 41.1 Å². The summed E-state index contributed by atoms with van der Waals surface area (Å²) >= 11 is 0. The van der Waals surface area contributed by atoms with Crippen LogP contribution in [0.2, 0.25) is 0 Å². The van der Waals surface area contributed by atoms with Gasteiger partial charge in [0.25, 0.3) is 5.56 Å². The molecule has 0 aliphatic carbocycles. The highest BCUT2D eigenvalue weighted by atomic mass is 16.5. The minimum atomic E-state index is -0.492. The number of benzene rings is 3. The zero-order valence-electron chi connectivity index (χ0n) is 16.4. The third kappa shape index (κ3) is 3.78. The fraction of sp³-hybridized carbons (Fsp3) is 0.0870. The standard InChI is InChI=1S/C23H17N5O3/c29-22-17-5-1-2-6-18(17)24-21(25-22)14-31-23(30)16-11-9-15(10-12-16)13-28-20-8-4-3-7-19(20)26-27-28/h1-12H,13-14H2,(H,24,25,29). The summed E-state index contributed by atoms with van der Waals surface area (Å²) in [6.45, 7) is 0.420. The normalized spacial score (nSPS) is 11.1. The first-order valence-corrected chi connectivity index (χ1v) is 9.69. The number of esters is 1. The van der Waals surface area contributed by atoms with E-state index in [1.165, 1.54) is 0 Å². The second-order valence-corrected chi connectivity index (χ2v) is 7.04. The summed E-state index contributed by atoms with van der Waals surface area (Å²) in [4.78, 5) is 31.5. The van der Waals surface area contributed by atoms with E-state index in [2.05, 4.69) is 20.3 Å². The molecular weight excluding hydrogens is 394 g/mol. The van der Waals surface area contributed by atoms with E-state index >= 15 is 0 Å². The van der Waals surface area contributed by atoms with E-state index < -0.39 is 5.97 Å². The van der Waals surface area contributed by atoms with E-state index in [-0.39, 0.29) is 12.2 Å². The molecule has 8 nitrogen and oxygen atoms in total. The lowest BCUT2D eigenvalue weighted by atomic mass is 10.1. The number of carbonyl (C=O) groups excluding carboxylic acids is 1. The van der Waals surface area contributed by atoms with Crippen LogP contribution in [-0.2, 0) is 17.9 Å². The van der Waals surface area contributed by atoms with Gasteiger partial charge in [0.1, 0.15) is 17.9 Å². The number of nitrogens with zero attached hydrogens (tertiary/aromatic N) is 4. The minimum Gasteiger partial charge on any atom is -0.454 e. The van der Waals surface area contributed by atoms with Gasteiger partial charge in [-0.3, -0.25) is 4.79 Å². The number of para-hydroxylation sites is 2. The number of hydrogen-bond donors (Lipinski definition) is 1. The van der Waals surface area contributed by atoms with Crippen molar-refractivity contribution in [1.29, 1.82) is 0 Å². The monoisotopic (exact) mass is 411 g/mol. The Kier molecular flexibility index (Phi) is 4.72. The van der Waals surface area contributed by atoms with Gasteiger partial charge in [-0.1, -0.05) is 41.6 Å². The van der Waals surface area contributed by atoms with Gasteiger partial charge in [0.05, 0.1) is 28.5 Å². The van der Waals surface area contributed by atoms with E-state index in [0.29, 0.717) is 28.8 Å². The number of aromatic nitrogens is 5.